The molecule has 3 nitrogen and oxygen atoms in total. The van der Waals surface area contributed by atoms with Gasteiger partial charge in [0, 0.05) is 13.1 Å². The van der Waals surface area contributed by atoms with E-state index in [1.807, 2.05) is 36.4 Å². The van der Waals surface area contributed by atoms with Crippen LogP contribution in [-0.2, 0) is 6.54 Å². The Balaban J connectivity index is 1.42. The lowest BCUT2D eigenvalue weighted by Gasteiger charge is -2.09. The lowest BCUT2D eigenvalue weighted by atomic mass is 10.1. The Hall–Kier alpha value is -2.78. The average Bonchev–Trinajstić information content (AvgIpc) is 2.64. The Morgan fingerprint density at radius 1 is 0.800 bits per heavy atom. The van der Waals surface area contributed by atoms with E-state index in [0.717, 1.165) is 30.0 Å². The smallest absolute Gasteiger partial charge is 0.119 e. The SMILES string of the molecule is Cc1ccc(CNCCOc2ccc(-c3ccc(O)cc3)cc2)cc1. The van der Waals surface area contributed by atoms with Gasteiger partial charge in [-0.15, -0.1) is 0 Å². The largest absolute Gasteiger partial charge is 0.508 e. The summed E-state index contributed by atoms with van der Waals surface area (Å²) in [6.45, 7) is 4.37. The molecule has 0 saturated carbocycles. The molecule has 0 bridgehead atoms. The highest BCUT2D eigenvalue weighted by Gasteiger charge is 1.99. The average molecular weight is 333 g/mol. The van der Waals surface area contributed by atoms with Crippen molar-refractivity contribution in [3.8, 4) is 22.6 Å². The molecule has 2 N–H and O–H groups in total. The predicted octanol–water partition coefficient (Wildman–Crippen LogP) is 4.54. The van der Waals surface area contributed by atoms with Crippen LogP contribution in [0.5, 0.6) is 11.5 Å². The van der Waals surface area contributed by atoms with Gasteiger partial charge in [-0.25, -0.2) is 0 Å². The maximum atomic E-state index is 9.35. The zero-order valence-electron chi connectivity index (χ0n) is 14.4. The highest BCUT2D eigenvalue weighted by atomic mass is 16.5. The molecule has 0 saturated heterocycles. The van der Waals surface area contributed by atoms with Crippen LogP contribution in [0.2, 0.25) is 0 Å². The lowest BCUT2D eigenvalue weighted by Crippen LogP contribution is -2.20. The number of phenols is 1. The molecule has 0 unspecified atom stereocenters. The summed E-state index contributed by atoms with van der Waals surface area (Å²) in [6, 6.07) is 23.7. The third-order valence-electron chi connectivity index (χ3n) is 4.05. The lowest BCUT2D eigenvalue weighted by molar-refractivity contribution is 0.313. The van der Waals surface area contributed by atoms with Gasteiger partial charge in [-0.1, -0.05) is 54.1 Å². The van der Waals surface area contributed by atoms with Crippen LogP contribution in [0.4, 0.5) is 0 Å². The maximum absolute atomic E-state index is 9.35. The Morgan fingerprint density at radius 3 is 2.04 bits per heavy atom. The van der Waals surface area contributed by atoms with Gasteiger partial charge in [0.25, 0.3) is 0 Å². The summed E-state index contributed by atoms with van der Waals surface area (Å²) in [7, 11) is 0. The summed E-state index contributed by atoms with van der Waals surface area (Å²) >= 11 is 0. The van der Waals surface area contributed by atoms with Crippen LogP contribution in [0.3, 0.4) is 0 Å². The number of aryl methyl sites for hydroxylation is 1. The molecular weight excluding hydrogens is 310 g/mol. The number of rotatable bonds is 7. The molecule has 3 aromatic carbocycles. The number of nitrogens with one attached hydrogen (secondary N) is 1. The molecule has 0 aliphatic rings. The van der Waals surface area contributed by atoms with E-state index in [2.05, 4.69) is 36.5 Å². The minimum Gasteiger partial charge on any atom is -0.508 e. The number of phenolic OH excluding ortho intramolecular Hbond substituents is 1. The van der Waals surface area contributed by atoms with Crippen LogP contribution in [0.25, 0.3) is 11.1 Å². The first-order valence-electron chi connectivity index (χ1n) is 8.49. The van der Waals surface area contributed by atoms with Crippen LogP contribution in [-0.4, -0.2) is 18.3 Å². The third kappa shape index (κ3) is 5.10. The second-order valence-corrected chi connectivity index (χ2v) is 6.08. The van der Waals surface area contributed by atoms with Crippen molar-refractivity contribution in [3.05, 3.63) is 83.9 Å². The molecule has 3 heteroatoms. The molecule has 3 rings (SSSR count). The molecule has 0 aromatic heterocycles. The molecule has 0 amide bonds. The van der Waals surface area contributed by atoms with E-state index in [1.54, 1.807) is 12.1 Å². The second-order valence-electron chi connectivity index (χ2n) is 6.08. The highest BCUT2D eigenvalue weighted by molar-refractivity contribution is 5.64. The van der Waals surface area contributed by atoms with Crippen LogP contribution in [0.15, 0.2) is 72.8 Å². The Labute approximate surface area is 148 Å². The van der Waals surface area contributed by atoms with Crippen molar-refractivity contribution < 1.29 is 9.84 Å². The summed E-state index contributed by atoms with van der Waals surface area (Å²) in [5.41, 5.74) is 4.74. The second kappa shape index (κ2) is 8.36. The topological polar surface area (TPSA) is 41.5 Å². The Morgan fingerprint density at radius 2 is 1.40 bits per heavy atom. The molecule has 0 fully saturated rings. The van der Waals surface area contributed by atoms with Gasteiger partial charge in [0.05, 0.1) is 0 Å². The van der Waals surface area contributed by atoms with Crippen molar-refractivity contribution >= 4 is 0 Å². The van der Waals surface area contributed by atoms with Gasteiger partial charge in [0.15, 0.2) is 0 Å². The van der Waals surface area contributed by atoms with Crippen molar-refractivity contribution in [1.29, 1.82) is 0 Å². The van der Waals surface area contributed by atoms with Gasteiger partial charge in [-0.3, -0.25) is 0 Å². The van der Waals surface area contributed by atoms with Gasteiger partial charge in [0.1, 0.15) is 18.1 Å². The molecule has 3 aromatic rings. The fraction of sp³-hybridized carbons (Fsp3) is 0.182. The molecule has 0 spiro atoms. The van der Waals surface area contributed by atoms with Crippen LogP contribution < -0.4 is 10.1 Å². The predicted molar refractivity (Wildman–Crippen MR) is 102 cm³/mol. The summed E-state index contributed by atoms with van der Waals surface area (Å²) in [5.74, 6) is 1.14. The number of ether oxygens (including phenoxy) is 1. The van der Waals surface area contributed by atoms with E-state index in [1.165, 1.54) is 11.1 Å². The molecule has 0 heterocycles. The normalized spacial score (nSPS) is 10.6. The summed E-state index contributed by atoms with van der Waals surface area (Å²) in [5, 5.41) is 12.7. The standard InChI is InChI=1S/C22H23NO2/c1-17-2-4-18(5-3-17)16-23-14-15-25-22-12-8-20(9-13-22)19-6-10-21(24)11-7-19/h2-13,23-24H,14-16H2,1H3. The van der Waals surface area contributed by atoms with E-state index < -0.39 is 0 Å². The van der Waals surface area contributed by atoms with E-state index in [4.69, 9.17) is 4.74 Å². The molecule has 0 aliphatic heterocycles. The van der Waals surface area contributed by atoms with Crippen molar-refractivity contribution in [2.75, 3.05) is 13.2 Å². The van der Waals surface area contributed by atoms with Gasteiger partial charge in [-0.2, -0.15) is 0 Å². The molecule has 25 heavy (non-hydrogen) atoms. The van der Waals surface area contributed by atoms with Gasteiger partial charge >= 0.3 is 0 Å². The first-order valence-corrected chi connectivity index (χ1v) is 8.49. The zero-order chi connectivity index (χ0) is 17.5. The van der Waals surface area contributed by atoms with E-state index in [0.29, 0.717) is 6.61 Å². The number of hydrogen-bond donors (Lipinski definition) is 2. The quantitative estimate of drug-likeness (QED) is 0.624. The Bertz CT molecular complexity index is 778. The zero-order valence-corrected chi connectivity index (χ0v) is 14.4. The van der Waals surface area contributed by atoms with Crippen LogP contribution >= 0.6 is 0 Å². The molecule has 0 atom stereocenters. The van der Waals surface area contributed by atoms with E-state index in [-0.39, 0.29) is 5.75 Å². The first kappa shape index (κ1) is 17.1. The van der Waals surface area contributed by atoms with E-state index in [9.17, 15) is 5.11 Å². The monoisotopic (exact) mass is 333 g/mol. The van der Waals surface area contributed by atoms with Crippen molar-refractivity contribution in [2.45, 2.75) is 13.5 Å². The minimum absolute atomic E-state index is 0.279. The van der Waals surface area contributed by atoms with Crippen molar-refractivity contribution in [2.24, 2.45) is 0 Å². The minimum atomic E-state index is 0.279. The van der Waals surface area contributed by atoms with Gasteiger partial charge in [0.2, 0.25) is 0 Å². The molecule has 0 aliphatic carbocycles. The highest BCUT2D eigenvalue weighted by Crippen LogP contribution is 2.24. The molecule has 128 valence electrons. The maximum Gasteiger partial charge on any atom is 0.119 e. The third-order valence-corrected chi connectivity index (χ3v) is 4.05. The summed E-state index contributed by atoms with van der Waals surface area (Å²) < 4.78 is 5.77. The van der Waals surface area contributed by atoms with E-state index >= 15 is 0 Å². The number of hydrogen-bond acceptors (Lipinski definition) is 3. The summed E-state index contributed by atoms with van der Waals surface area (Å²) in [4.78, 5) is 0. The van der Waals surface area contributed by atoms with Crippen molar-refractivity contribution in [1.82, 2.24) is 5.32 Å². The fourth-order valence-electron chi connectivity index (χ4n) is 2.58. The van der Waals surface area contributed by atoms with Gasteiger partial charge < -0.3 is 15.2 Å². The van der Waals surface area contributed by atoms with Crippen LogP contribution in [0, 0.1) is 6.92 Å². The van der Waals surface area contributed by atoms with Crippen LogP contribution in [0.1, 0.15) is 11.1 Å². The number of aromatic hydroxyl groups is 1. The summed E-state index contributed by atoms with van der Waals surface area (Å²) in [6.07, 6.45) is 0. The van der Waals surface area contributed by atoms with Crippen molar-refractivity contribution in [3.63, 3.8) is 0 Å². The van der Waals surface area contributed by atoms with Gasteiger partial charge in [-0.05, 0) is 47.9 Å². The Kier molecular flexibility index (Phi) is 5.70. The molecular formula is C22H23NO2. The molecule has 0 radical (unpaired) electrons. The number of benzene rings is 3. The fourth-order valence-corrected chi connectivity index (χ4v) is 2.58. The first-order chi connectivity index (χ1) is 12.2.